The number of thiazole rings is 1. The van der Waals surface area contributed by atoms with E-state index >= 15 is 0 Å². The zero-order valence-electron chi connectivity index (χ0n) is 10.9. The molecule has 0 atom stereocenters. The molecule has 2 heterocycles. The summed E-state index contributed by atoms with van der Waals surface area (Å²) in [6.07, 6.45) is 2.49. The predicted octanol–water partition coefficient (Wildman–Crippen LogP) is 1.93. The van der Waals surface area contributed by atoms with Crippen molar-refractivity contribution >= 4 is 42.7 Å². The van der Waals surface area contributed by atoms with Crippen LogP contribution in [-0.4, -0.2) is 30.4 Å². The molecule has 0 amide bonds. The average Bonchev–Trinajstić information content (AvgIpc) is 2.88. The van der Waals surface area contributed by atoms with Crippen molar-refractivity contribution in [2.75, 3.05) is 17.1 Å². The Morgan fingerprint density at radius 3 is 2.52 bits per heavy atom. The number of hydrogen-bond donors (Lipinski definition) is 2. The molecule has 0 aliphatic rings. The highest BCUT2D eigenvalue weighted by Crippen LogP contribution is 2.27. The first kappa shape index (κ1) is 13.7. The monoisotopic (exact) mass is 321 g/mol. The lowest BCUT2D eigenvalue weighted by molar-refractivity contribution is 0.600. The van der Waals surface area contributed by atoms with E-state index in [4.69, 9.17) is 0 Å². The predicted molar refractivity (Wildman–Crippen MR) is 82.0 cm³/mol. The summed E-state index contributed by atoms with van der Waals surface area (Å²) >= 11 is 1.27. The summed E-state index contributed by atoms with van der Waals surface area (Å²) in [5, 5.41) is 3.04. The molecule has 0 saturated heterocycles. The Labute approximate surface area is 125 Å². The number of benzene rings is 1. The molecule has 0 bridgehead atoms. The molecule has 2 N–H and O–H groups in total. The van der Waals surface area contributed by atoms with Crippen molar-refractivity contribution in [3.8, 4) is 0 Å². The van der Waals surface area contributed by atoms with E-state index in [-0.39, 0.29) is 4.90 Å². The quantitative estimate of drug-likeness (QED) is 0.762. The summed E-state index contributed by atoms with van der Waals surface area (Å²) in [4.78, 5) is 12.0. The van der Waals surface area contributed by atoms with Crippen LogP contribution in [-0.2, 0) is 10.0 Å². The highest BCUT2D eigenvalue weighted by atomic mass is 32.2. The van der Waals surface area contributed by atoms with Crippen molar-refractivity contribution in [3.05, 3.63) is 36.7 Å². The van der Waals surface area contributed by atoms with Crippen LogP contribution in [0.5, 0.6) is 0 Å². The van der Waals surface area contributed by atoms with Crippen LogP contribution in [0.15, 0.2) is 41.6 Å². The molecule has 0 aliphatic carbocycles. The Kier molecular flexibility index (Phi) is 3.43. The third-order valence-electron chi connectivity index (χ3n) is 2.68. The standard InChI is InChI=1S/C12H11N5O2S2/c1-13-11-14-6-8(7-15-11)21(18,19)17-12-16-9-4-2-3-5-10(9)20-12/h2-7H,1H3,(H,16,17)(H,13,14,15). The molecule has 7 nitrogen and oxygen atoms in total. The molecule has 0 saturated carbocycles. The van der Waals surface area contributed by atoms with Gasteiger partial charge in [0, 0.05) is 7.05 Å². The Morgan fingerprint density at radius 1 is 1.14 bits per heavy atom. The second kappa shape index (κ2) is 5.26. The number of sulfonamides is 1. The fraction of sp³-hybridized carbons (Fsp3) is 0.0833. The maximum absolute atomic E-state index is 12.2. The molecule has 9 heteroatoms. The molecule has 108 valence electrons. The van der Waals surface area contributed by atoms with Crippen LogP contribution < -0.4 is 10.0 Å². The van der Waals surface area contributed by atoms with Gasteiger partial charge < -0.3 is 5.32 Å². The maximum atomic E-state index is 12.2. The molecule has 2 aromatic heterocycles. The van der Waals surface area contributed by atoms with E-state index in [9.17, 15) is 8.42 Å². The molecule has 0 spiro atoms. The molecule has 0 unspecified atom stereocenters. The van der Waals surface area contributed by atoms with Crippen molar-refractivity contribution in [2.24, 2.45) is 0 Å². The minimum Gasteiger partial charge on any atom is -0.357 e. The van der Waals surface area contributed by atoms with Gasteiger partial charge in [-0.2, -0.15) is 0 Å². The van der Waals surface area contributed by atoms with Crippen molar-refractivity contribution in [1.29, 1.82) is 0 Å². The molecular weight excluding hydrogens is 310 g/mol. The van der Waals surface area contributed by atoms with Crippen molar-refractivity contribution < 1.29 is 8.42 Å². The number of fused-ring (bicyclic) bond motifs is 1. The molecule has 0 fully saturated rings. The van der Waals surface area contributed by atoms with E-state index in [0.29, 0.717) is 11.1 Å². The van der Waals surface area contributed by atoms with Crippen LogP contribution in [0, 0.1) is 0 Å². The van der Waals surface area contributed by atoms with Crippen LogP contribution in [0.4, 0.5) is 11.1 Å². The van der Waals surface area contributed by atoms with Crippen LogP contribution in [0.25, 0.3) is 10.2 Å². The topological polar surface area (TPSA) is 96.9 Å². The van der Waals surface area contributed by atoms with Crippen molar-refractivity contribution in [1.82, 2.24) is 15.0 Å². The lowest BCUT2D eigenvalue weighted by Crippen LogP contribution is -2.13. The van der Waals surface area contributed by atoms with Gasteiger partial charge in [0.2, 0.25) is 5.95 Å². The first-order chi connectivity index (χ1) is 10.1. The van der Waals surface area contributed by atoms with Gasteiger partial charge in [0.25, 0.3) is 10.0 Å². The Hall–Kier alpha value is -2.26. The minimum atomic E-state index is -3.74. The number of rotatable bonds is 4. The fourth-order valence-electron chi connectivity index (χ4n) is 1.67. The second-order valence-electron chi connectivity index (χ2n) is 4.08. The highest BCUT2D eigenvalue weighted by molar-refractivity contribution is 7.93. The van der Waals surface area contributed by atoms with Crippen LogP contribution >= 0.6 is 11.3 Å². The second-order valence-corrected chi connectivity index (χ2v) is 6.80. The van der Waals surface area contributed by atoms with Crippen LogP contribution in [0.1, 0.15) is 0 Å². The lowest BCUT2D eigenvalue weighted by Gasteiger charge is -2.04. The molecule has 1 aromatic carbocycles. The molecular formula is C12H11N5O2S2. The van der Waals surface area contributed by atoms with Gasteiger partial charge in [-0.1, -0.05) is 23.5 Å². The van der Waals surface area contributed by atoms with Gasteiger partial charge in [-0.3, -0.25) is 4.72 Å². The normalized spacial score (nSPS) is 11.5. The SMILES string of the molecule is CNc1ncc(S(=O)(=O)Nc2nc3ccccc3s2)cn1. The number of para-hydroxylation sites is 1. The summed E-state index contributed by atoms with van der Waals surface area (Å²) in [6.45, 7) is 0. The van der Waals surface area contributed by atoms with Crippen molar-refractivity contribution in [3.63, 3.8) is 0 Å². The van der Waals surface area contributed by atoms with Gasteiger partial charge >= 0.3 is 0 Å². The molecule has 0 radical (unpaired) electrons. The largest absolute Gasteiger partial charge is 0.357 e. The third kappa shape index (κ3) is 2.78. The number of nitrogens with one attached hydrogen (secondary N) is 2. The number of anilines is 2. The summed E-state index contributed by atoms with van der Waals surface area (Å²) in [7, 11) is -2.09. The van der Waals surface area contributed by atoms with Gasteiger partial charge in [0.1, 0.15) is 4.90 Å². The zero-order valence-corrected chi connectivity index (χ0v) is 12.6. The van der Waals surface area contributed by atoms with Gasteiger partial charge in [0.15, 0.2) is 5.13 Å². The van der Waals surface area contributed by atoms with Gasteiger partial charge in [-0.05, 0) is 12.1 Å². The summed E-state index contributed by atoms with van der Waals surface area (Å²) < 4.78 is 27.8. The number of aromatic nitrogens is 3. The van der Waals surface area contributed by atoms with Gasteiger partial charge in [0.05, 0.1) is 22.6 Å². The lowest BCUT2D eigenvalue weighted by atomic mass is 10.3. The Balaban J connectivity index is 1.91. The smallest absolute Gasteiger partial charge is 0.266 e. The molecule has 0 aliphatic heterocycles. The van der Waals surface area contributed by atoms with Crippen LogP contribution in [0.2, 0.25) is 0 Å². The minimum absolute atomic E-state index is 0.0132. The molecule has 3 rings (SSSR count). The van der Waals surface area contributed by atoms with Gasteiger partial charge in [-0.15, -0.1) is 0 Å². The third-order valence-corrected chi connectivity index (χ3v) is 5.05. The highest BCUT2D eigenvalue weighted by Gasteiger charge is 2.17. The number of nitrogens with zero attached hydrogens (tertiary/aromatic N) is 3. The van der Waals surface area contributed by atoms with E-state index in [1.165, 1.54) is 23.7 Å². The van der Waals surface area contributed by atoms with E-state index in [2.05, 4.69) is 25.0 Å². The van der Waals surface area contributed by atoms with Crippen LogP contribution in [0.3, 0.4) is 0 Å². The van der Waals surface area contributed by atoms with Gasteiger partial charge in [-0.25, -0.2) is 23.4 Å². The van der Waals surface area contributed by atoms with E-state index < -0.39 is 10.0 Å². The van der Waals surface area contributed by atoms with Crippen molar-refractivity contribution in [2.45, 2.75) is 4.90 Å². The first-order valence-corrected chi connectivity index (χ1v) is 8.27. The first-order valence-electron chi connectivity index (χ1n) is 5.97. The molecule has 21 heavy (non-hydrogen) atoms. The summed E-state index contributed by atoms with van der Waals surface area (Å²) in [5.74, 6) is 0.355. The maximum Gasteiger partial charge on any atom is 0.266 e. The number of hydrogen-bond acceptors (Lipinski definition) is 7. The Morgan fingerprint density at radius 2 is 1.86 bits per heavy atom. The van der Waals surface area contributed by atoms with E-state index in [1.807, 2.05) is 24.3 Å². The molecule has 3 aromatic rings. The summed E-state index contributed by atoms with van der Waals surface area (Å²) in [6, 6.07) is 7.44. The van der Waals surface area contributed by atoms with E-state index in [1.54, 1.807) is 7.05 Å². The average molecular weight is 321 g/mol. The zero-order chi connectivity index (χ0) is 14.9. The Bertz CT molecular complexity index is 841. The summed E-state index contributed by atoms with van der Waals surface area (Å²) in [5.41, 5.74) is 0.752. The van der Waals surface area contributed by atoms with E-state index in [0.717, 1.165) is 10.2 Å². The fourth-order valence-corrected chi connectivity index (χ4v) is 3.66.